The molecule has 1 fully saturated rings. The fourth-order valence-electron chi connectivity index (χ4n) is 6.01. The highest BCUT2D eigenvalue weighted by atomic mass is 19.1. The second-order valence-electron chi connectivity index (χ2n) is 12.2. The van der Waals surface area contributed by atoms with Crippen LogP contribution in [0.4, 0.5) is 4.39 Å². The highest BCUT2D eigenvalue weighted by Gasteiger charge is 2.33. The number of carboxylic acid groups (broad SMARTS) is 1. The number of aryl methyl sites for hydroxylation is 2. The van der Waals surface area contributed by atoms with Gasteiger partial charge < -0.3 is 14.9 Å². The zero-order chi connectivity index (χ0) is 29.3. The van der Waals surface area contributed by atoms with E-state index in [1.165, 1.54) is 41.9 Å². The molecule has 7 heteroatoms. The van der Waals surface area contributed by atoms with Crippen LogP contribution in [0.5, 0.6) is 0 Å². The van der Waals surface area contributed by atoms with Crippen molar-refractivity contribution in [1.29, 1.82) is 0 Å². The van der Waals surface area contributed by atoms with Gasteiger partial charge in [-0.05, 0) is 109 Å². The quantitative estimate of drug-likeness (QED) is 0.351. The van der Waals surface area contributed by atoms with Crippen molar-refractivity contribution in [1.82, 2.24) is 19.6 Å². The van der Waals surface area contributed by atoms with E-state index in [4.69, 9.17) is 5.10 Å². The minimum atomic E-state index is -0.729. The summed E-state index contributed by atoms with van der Waals surface area (Å²) < 4.78 is 14.1. The maximum atomic E-state index is 11.9. The van der Waals surface area contributed by atoms with Crippen LogP contribution in [0, 0.1) is 30.0 Å². The van der Waals surface area contributed by atoms with Crippen molar-refractivity contribution < 1.29 is 14.3 Å². The minimum Gasteiger partial charge on any atom is -0.481 e. The third-order valence-electron chi connectivity index (χ3n) is 8.71. The first kappa shape index (κ1) is 33.0. The van der Waals surface area contributed by atoms with Crippen LogP contribution in [-0.2, 0) is 17.8 Å². The van der Waals surface area contributed by atoms with Gasteiger partial charge in [-0.3, -0.25) is 9.48 Å². The van der Waals surface area contributed by atoms with Gasteiger partial charge in [0, 0.05) is 31.4 Å². The van der Waals surface area contributed by atoms with Gasteiger partial charge >= 0.3 is 5.97 Å². The Kier molecular flexibility index (Phi) is 12.6. The second kappa shape index (κ2) is 14.9. The molecular formula is C32H53FN4O2. The lowest BCUT2D eigenvalue weighted by Gasteiger charge is -2.41. The molecule has 0 amide bonds. The van der Waals surface area contributed by atoms with Crippen molar-refractivity contribution in [3.63, 3.8) is 0 Å². The van der Waals surface area contributed by atoms with Crippen LogP contribution < -0.4 is 0 Å². The first-order chi connectivity index (χ1) is 18.3. The Morgan fingerprint density at radius 3 is 2.21 bits per heavy atom. The lowest BCUT2D eigenvalue weighted by Crippen LogP contribution is -2.46. The van der Waals surface area contributed by atoms with Gasteiger partial charge in [-0.2, -0.15) is 5.10 Å². The zero-order valence-corrected chi connectivity index (χ0v) is 25.9. The first-order valence-corrected chi connectivity index (χ1v) is 14.7. The monoisotopic (exact) mass is 544 g/mol. The third kappa shape index (κ3) is 9.14. The van der Waals surface area contributed by atoms with E-state index in [0.29, 0.717) is 30.3 Å². The number of aromatic nitrogens is 2. The summed E-state index contributed by atoms with van der Waals surface area (Å²) in [6, 6.07) is 8.46. The highest BCUT2D eigenvalue weighted by molar-refractivity contribution is 5.73. The van der Waals surface area contributed by atoms with Crippen molar-refractivity contribution in [2.75, 3.05) is 33.2 Å². The first-order valence-electron chi connectivity index (χ1n) is 14.7. The average Bonchev–Trinajstić information content (AvgIpc) is 3.23. The summed E-state index contributed by atoms with van der Waals surface area (Å²) in [5.41, 5.74) is 3.47. The smallest absolute Gasteiger partial charge is 0.310 e. The molecule has 220 valence electrons. The van der Waals surface area contributed by atoms with Crippen molar-refractivity contribution >= 4 is 5.97 Å². The van der Waals surface area contributed by atoms with Gasteiger partial charge in [-0.1, -0.05) is 39.0 Å². The summed E-state index contributed by atoms with van der Waals surface area (Å²) in [5.74, 6) is 0.785. The molecule has 0 aliphatic carbocycles. The molecule has 3 atom stereocenters. The predicted octanol–water partition coefficient (Wildman–Crippen LogP) is 6.48. The van der Waals surface area contributed by atoms with Gasteiger partial charge in [0.25, 0.3) is 0 Å². The molecule has 1 aromatic heterocycles. The third-order valence-corrected chi connectivity index (χ3v) is 8.71. The number of aliphatic carboxylic acids is 1. The number of piperidine rings is 1. The normalized spacial score (nSPS) is 17.4. The fourth-order valence-corrected chi connectivity index (χ4v) is 6.01. The molecular weight excluding hydrogens is 491 g/mol. The maximum Gasteiger partial charge on any atom is 0.310 e. The number of hydrogen-bond donors (Lipinski definition) is 1. The molecule has 39 heavy (non-hydrogen) atoms. The van der Waals surface area contributed by atoms with Crippen molar-refractivity contribution in [3.8, 4) is 0 Å². The molecule has 6 nitrogen and oxygen atoms in total. The lowest BCUT2D eigenvalue weighted by molar-refractivity contribution is -0.147. The van der Waals surface area contributed by atoms with Crippen LogP contribution in [0.15, 0.2) is 30.3 Å². The summed E-state index contributed by atoms with van der Waals surface area (Å²) in [6.07, 6.45) is 3.43. The van der Waals surface area contributed by atoms with Crippen LogP contribution in [-0.4, -0.2) is 69.9 Å². The van der Waals surface area contributed by atoms with Crippen LogP contribution in [0.1, 0.15) is 84.2 Å². The molecule has 1 aromatic carbocycles. The Labute approximate surface area is 236 Å². The SMILES string of the molecule is CCc1nn(CC)c(C)c1C1CCN([C@H](C)[C@@H](C)C(C)CN(C)CC(C)(C)C(=O)O)CC1.Fc1ccccc1. The standard InChI is InChI=1S/C26H48N4O2.C6H5F/c1-10-23-24(21(6)30(11-2)27-23)22-12-14-29(15-13-22)20(5)19(4)18(3)16-28(9)17-26(7,8)25(31)32;7-6-4-2-1-3-5-6/h18-20,22H,10-17H2,1-9H3,(H,31,32);1-5H/t18?,19-,20+;/m0./s1. The van der Waals surface area contributed by atoms with Crippen molar-refractivity contribution in [2.24, 2.45) is 17.3 Å². The fraction of sp³-hybridized carbons (Fsp3) is 0.688. The summed E-state index contributed by atoms with van der Waals surface area (Å²) in [6.45, 7) is 22.0. The predicted molar refractivity (Wildman–Crippen MR) is 159 cm³/mol. The van der Waals surface area contributed by atoms with Gasteiger partial charge in [-0.25, -0.2) is 4.39 Å². The molecule has 0 saturated carbocycles. The van der Waals surface area contributed by atoms with E-state index in [1.807, 2.05) is 20.9 Å². The average molecular weight is 545 g/mol. The topological polar surface area (TPSA) is 61.6 Å². The van der Waals surface area contributed by atoms with E-state index >= 15 is 0 Å². The van der Waals surface area contributed by atoms with Crippen molar-refractivity contribution in [3.05, 3.63) is 53.1 Å². The van der Waals surface area contributed by atoms with E-state index in [0.717, 1.165) is 32.6 Å². The van der Waals surface area contributed by atoms with Crippen LogP contribution in [0.25, 0.3) is 0 Å². The number of carboxylic acids is 1. The van der Waals surface area contributed by atoms with Crippen LogP contribution in [0.2, 0.25) is 0 Å². The molecule has 1 aliphatic heterocycles. The molecule has 0 spiro atoms. The van der Waals surface area contributed by atoms with Gasteiger partial charge in [0.2, 0.25) is 0 Å². The number of rotatable bonds is 11. The van der Waals surface area contributed by atoms with Gasteiger partial charge in [-0.15, -0.1) is 0 Å². The Bertz CT molecular complexity index is 1010. The van der Waals surface area contributed by atoms with Gasteiger partial charge in [0.05, 0.1) is 11.1 Å². The highest BCUT2D eigenvalue weighted by Crippen LogP contribution is 2.35. The zero-order valence-electron chi connectivity index (χ0n) is 25.9. The van der Waals surface area contributed by atoms with E-state index in [9.17, 15) is 14.3 Å². The summed E-state index contributed by atoms with van der Waals surface area (Å²) in [5, 5.41) is 14.3. The number of hydrogen-bond acceptors (Lipinski definition) is 4. The summed E-state index contributed by atoms with van der Waals surface area (Å²) in [4.78, 5) is 16.3. The van der Waals surface area contributed by atoms with E-state index in [1.54, 1.807) is 18.2 Å². The Morgan fingerprint density at radius 1 is 1.15 bits per heavy atom. The lowest BCUT2D eigenvalue weighted by atomic mass is 9.83. The molecule has 1 aliphatic rings. The van der Waals surface area contributed by atoms with E-state index < -0.39 is 11.4 Å². The number of likely N-dealkylation sites (tertiary alicyclic amines) is 1. The Hall–Kier alpha value is -2.25. The maximum absolute atomic E-state index is 11.9. The number of halogens is 1. The largest absolute Gasteiger partial charge is 0.481 e. The summed E-state index contributed by atoms with van der Waals surface area (Å²) >= 11 is 0. The second-order valence-corrected chi connectivity index (χ2v) is 12.2. The number of carbonyl (C=O) groups is 1. The summed E-state index contributed by atoms with van der Waals surface area (Å²) in [7, 11) is 2.05. The van der Waals surface area contributed by atoms with E-state index in [2.05, 4.69) is 56.0 Å². The Balaban J connectivity index is 0.000000658. The molecule has 0 bridgehead atoms. The van der Waals surface area contributed by atoms with Crippen LogP contribution in [0.3, 0.4) is 0 Å². The van der Waals surface area contributed by atoms with Crippen LogP contribution >= 0.6 is 0 Å². The molecule has 1 saturated heterocycles. The number of nitrogens with zero attached hydrogens (tertiary/aromatic N) is 4. The van der Waals surface area contributed by atoms with Gasteiger partial charge in [0.15, 0.2) is 0 Å². The van der Waals surface area contributed by atoms with E-state index in [-0.39, 0.29) is 5.82 Å². The Morgan fingerprint density at radius 2 is 1.74 bits per heavy atom. The molecule has 2 heterocycles. The molecule has 2 aromatic rings. The molecule has 0 radical (unpaired) electrons. The van der Waals surface area contributed by atoms with Gasteiger partial charge in [0.1, 0.15) is 5.82 Å². The van der Waals surface area contributed by atoms with Crippen molar-refractivity contribution in [2.45, 2.75) is 93.2 Å². The molecule has 1 unspecified atom stereocenters. The minimum absolute atomic E-state index is 0.178. The molecule has 3 rings (SSSR count). The molecule has 1 N–H and O–H groups in total. The number of benzene rings is 1.